The molecule has 1 saturated carbocycles. The second kappa shape index (κ2) is 4.79. The molecule has 1 fully saturated rings. The zero-order chi connectivity index (χ0) is 14.3. The van der Waals surface area contributed by atoms with Gasteiger partial charge in [0.1, 0.15) is 4.90 Å². The summed E-state index contributed by atoms with van der Waals surface area (Å²) in [6.45, 7) is 4.33. The number of nitrogen functional groups attached to an aromatic ring is 1. The van der Waals surface area contributed by atoms with Crippen molar-refractivity contribution in [2.24, 2.45) is 12.5 Å². The molecule has 0 saturated heterocycles. The summed E-state index contributed by atoms with van der Waals surface area (Å²) in [6.07, 6.45) is 4.35. The Hall–Kier alpha value is -1.08. The number of nitrogens with one attached hydrogen (secondary N) is 1. The molecule has 0 aromatic carbocycles. The van der Waals surface area contributed by atoms with Crippen molar-refractivity contribution in [2.45, 2.75) is 44.4 Å². The predicted octanol–water partition coefficient (Wildman–Crippen LogP) is 1.17. The molecule has 1 aliphatic rings. The molecule has 2 rings (SSSR count). The fourth-order valence-corrected chi connectivity index (χ4v) is 3.97. The Balaban J connectivity index is 2.15. The van der Waals surface area contributed by atoms with E-state index in [1.165, 1.54) is 4.68 Å². The number of sulfonamides is 1. The third-order valence-electron chi connectivity index (χ3n) is 3.95. The molecule has 6 nitrogen and oxygen atoms in total. The number of anilines is 1. The number of rotatable bonds is 6. The van der Waals surface area contributed by atoms with Crippen molar-refractivity contribution in [3.63, 3.8) is 0 Å². The molecule has 3 N–H and O–H groups in total. The minimum Gasteiger partial charge on any atom is -0.381 e. The molecule has 19 heavy (non-hydrogen) atoms. The molecule has 0 aliphatic heterocycles. The first-order valence-electron chi connectivity index (χ1n) is 6.60. The van der Waals surface area contributed by atoms with E-state index in [2.05, 4.69) is 16.7 Å². The van der Waals surface area contributed by atoms with Crippen molar-refractivity contribution in [3.05, 3.63) is 5.69 Å². The summed E-state index contributed by atoms with van der Waals surface area (Å²) < 4.78 is 28.8. The van der Waals surface area contributed by atoms with Gasteiger partial charge in [0.15, 0.2) is 5.82 Å². The summed E-state index contributed by atoms with van der Waals surface area (Å²) in [4.78, 5) is 0.113. The molecule has 1 aliphatic carbocycles. The fraction of sp³-hybridized carbons (Fsp3) is 0.750. The Morgan fingerprint density at radius 1 is 1.47 bits per heavy atom. The average molecular weight is 286 g/mol. The zero-order valence-corrected chi connectivity index (χ0v) is 12.5. The number of nitrogens with two attached hydrogens (primary N) is 1. The van der Waals surface area contributed by atoms with E-state index < -0.39 is 10.0 Å². The summed E-state index contributed by atoms with van der Waals surface area (Å²) in [5.74, 6) is 0.0628. The second-order valence-corrected chi connectivity index (χ2v) is 7.20. The molecule has 7 heteroatoms. The Labute approximate surface area is 114 Å². The van der Waals surface area contributed by atoms with Gasteiger partial charge < -0.3 is 5.73 Å². The summed E-state index contributed by atoms with van der Waals surface area (Å²) in [5, 5.41) is 3.95. The summed E-state index contributed by atoms with van der Waals surface area (Å²) in [6, 6.07) is 0. The molecule has 1 aromatic rings. The molecule has 1 aromatic heterocycles. The SMILES string of the molecule is CCCC1(CNS(=O)(=O)c2c(N)nn(C)c2C)CC1. The molecule has 0 atom stereocenters. The maximum atomic E-state index is 12.3. The third kappa shape index (κ3) is 2.76. The van der Waals surface area contributed by atoms with Crippen LogP contribution in [0.2, 0.25) is 0 Å². The quantitative estimate of drug-likeness (QED) is 0.821. The van der Waals surface area contributed by atoms with Crippen LogP contribution in [0.15, 0.2) is 4.90 Å². The first-order valence-corrected chi connectivity index (χ1v) is 8.08. The smallest absolute Gasteiger partial charge is 0.246 e. The van der Waals surface area contributed by atoms with E-state index in [1.54, 1.807) is 14.0 Å². The predicted molar refractivity (Wildman–Crippen MR) is 74.1 cm³/mol. The minimum absolute atomic E-state index is 0.0628. The molecule has 108 valence electrons. The summed E-state index contributed by atoms with van der Waals surface area (Å²) in [7, 11) is -1.89. The van der Waals surface area contributed by atoms with Crippen LogP contribution in [0.25, 0.3) is 0 Å². The number of hydrogen-bond acceptors (Lipinski definition) is 4. The van der Waals surface area contributed by atoms with Gasteiger partial charge in [-0.1, -0.05) is 13.3 Å². The van der Waals surface area contributed by atoms with Gasteiger partial charge in [0.25, 0.3) is 0 Å². The Kier molecular flexibility index (Phi) is 3.61. The van der Waals surface area contributed by atoms with Crippen LogP contribution in [-0.4, -0.2) is 24.7 Å². The maximum Gasteiger partial charge on any atom is 0.246 e. The van der Waals surface area contributed by atoms with Crippen molar-refractivity contribution in [3.8, 4) is 0 Å². The monoisotopic (exact) mass is 286 g/mol. The van der Waals surface area contributed by atoms with E-state index >= 15 is 0 Å². The lowest BCUT2D eigenvalue weighted by Crippen LogP contribution is -2.31. The van der Waals surface area contributed by atoms with Gasteiger partial charge in [0.05, 0.1) is 5.69 Å². The van der Waals surface area contributed by atoms with Crippen LogP contribution in [-0.2, 0) is 17.1 Å². The molecular formula is C12H22N4O2S. The van der Waals surface area contributed by atoms with Crippen LogP contribution in [0, 0.1) is 12.3 Å². The maximum absolute atomic E-state index is 12.3. The highest BCUT2D eigenvalue weighted by Gasteiger charge is 2.42. The molecule has 0 radical (unpaired) electrons. The van der Waals surface area contributed by atoms with E-state index in [1.807, 2.05) is 0 Å². The van der Waals surface area contributed by atoms with Gasteiger partial charge >= 0.3 is 0 Å². The van der Waals surface area contributed by atoms with E-state index in [9.17, 15) is 8.42 Å². The fourth-order valence-electron chi connectivity index (χ4n) is 2.49. The molecular weight excluding hydrogens is 264 g/mol. The van der Waals surface area contributed by atoms with E-state index in [0.29, 0.717) is 12.2 Å². The Bertz CT molecular complexity index is 573. The first kappa shape index (κ1) is 14.3. The molecule has 0 bridgehead atoms. The highest BCUT2D eigenvalue weighted by molar-refractivity contribution is 7.89. The zero-order valence-electron chi connectivity index (χ0n) is 11.7. The lowest BCUT2D eigenvalue weighted by atomic mass is 10.0. The van der Waals surface area contributed by atoms with Gasteiger partial charge in [-0.15, -0.1) is 0 Å². The van der Waals surface area contributed by atoms with Gasteiger partial charge in [0.2, 0.25) is 10.0 Å². The molecule has 0 unspecified atom stereocenters. The van der Waals surface area contributed by atoms with Gasteiger partial charge in [-0.05, 0) is 31.6 Å². The van der Waals surface area contributed by atoms with Crippen molar-refractivity contribution >= 4 is 15.8 Å². The highest BCUT2D eigenvalue weighted by Crippen LogP contribution is 2.49. The number of hydrogen-bond donors (Lipinski definition) is 2. The van der Waals surface area contributed by atoms with Crippen LogP contribution < -0.4 is 10.5 Å². The Morgan fingerprint density at radius 3 is 2.53 bits per heavy atom. The lowest BCUT2D eigenvalue weighted by Gasteiger charge is -2.15. The van der Waals surface area contributed by atoms with Gasteiger partial charge in [-0.3, -0.25) is 4.68 Å². The molecule has 0 spiro atoms. The summed E-state index contributed by atoms with van der Waals surface area (Å²) in [5.41, 5.74) is 6.42. The van der Waals surface area contributed by atoms with Crippen LogP contribution >= 0.6 is 0 Å². The molecule has 0 amide bonds. The van der Waals surface area contributed by atoms with Gasteiger partial charge in [0, 0.05) is 13.6 Å². The van der Waals surface area contributed by atoms with E-state index in [4.69, 9.17) is 5.73 Å². The first-order chi connectivity index (χ1) is 8.81. The van der Waals surface area contributed by atoms with Crippen molar-refractivity contribution in [1.29, 1.82) is 0 Å². The number of aryl methyl sites for hydroxylation is 1. The van der Waals surface area contributed by atoms with Gasteiger partial charge in [-0.2, -0.15) is 5.10 Å². The van der Waals surface area contributed by atoms with Crippen LogP contribution in [0.1, 0.15) is 38.3 Å². The standard InChI is InChI=1S/C12H22N4O2S/c1-4-5-12(6-7-12)8-14-19(17,18)10-9(2)16(3)15-11(10)13/h14H,4-8H2,1-3H3,(H2,13,15). The van der Waals surface area contributed by atoms with Crippen molar-refractivity contribution in [2.75, 3.05) is 12.3 Å². The lowest BCUT2D eigenvalue weighted by molar-refractivity contribution is 0.449. The summed E-state index contributed by atoms with van der Waals surface area (Å²) >= 11 is 0. The largest absolute Gasteiger partial charge is 0.381 e. The van der Waals surface area contributed by atoms with E-state index in [-0.39, 0.29) is 16.1 Å². The van der Waals surface area contributed by atoms with Crippen LogP contribution in [0.4, 0.5) is 5.82 Å². The van der Waals surface area contributed by atoms with Crippen LogP contribution in [0.3, 0.4) is 0 Å². The van der Waals surface area contributed by atoms with Crippen LogP contribution in [0.5, 0.6) is 0 Å². The topological polar surface area (TPSA) is 90.0 Å². The number of nitrogens with zero attached hydrogens (tertiary/aromatic N) is 2. The number of aromatic nitrogens is 2. The second-order valence-electron chi connectivity index (χ2n) is 5.50. The molecule has 1 heterocycles. The van der Waals surface area contributed by atoms with Crippen molar-refractivity contribution in [1.82, 2.24) is 14.5 Å². The Morgan fingerprint density at radius 2 is 2.11 bits per heavy atom. The van der Waals surface area contributed by atoms with Crippen molar-refractivity contribution < 1.29 is 8.42 Å². The van der Waals surface area contributed by atoms with E-state index in [0.717, 1.165) is 25.7 Å². The highest BCUT2D eigenvalue weighted by atomic mass is 32.2. The average Bonchev–Trinajstić information content (AvgIpc) is 3.01. The minimum atomic E-state index is -3.57. The normalized spacial score (nSPS) is 17.6. The van der Waals surface area contributed by atoms with Gasteiger partial charge in [-0.25, -0.2) is 13.1 Å². The third-order valence-corrected chi connectivity index (χ3v) is 5.51.